The number of rotatable bonds is 8. The second-order valence-electron chi connectivity index (χ2n) is 4.92. The van der Waals surface area contributed by atoms with Crippen molar-refractivity contribution in [2.45, 2.75) is 33.1 Å². The summed E-state index contributed by atoms with van der Waals surface area (Å²) in [5, 5.41) is 6.24. The molecule has 0 aliphatic carbocycles. The topological polar surface area (TPSA) is 41.1 Å². The van der Waals surface area contributed by atoms with Crippen molar-refractivity contribution in [3.05, 3.63) is 35.9 Å². The van der Waals surface area contributed by atoms with Crippen molar-refractivity contribution in [1.82, 2.24) is 10.6 Å². The van der Waals surface area contributed by atoms with Crippen molar-refractivity contribution in [3.8, 4) is 0 Å². The molecule has 0 spiro atoms. The van der Waals surface area contributed by atoms with Gasteiger partial charge in [-0.2, -0.15) is 0 Å². The third-order valence-corrected chi connectivity index (χ3v) is 3.51. The number of carbonyl (C=O) groups is 1. The van der Waals surface area contributed by atoms with Gasteiger partial charge in [-0.05, 0) is 18.0 Å². The predicted octanol–water partition coefficient (Wildman–Crippen LogP) is 2.54. The van der Waals surface area contributed by atoms with E-state index in [0.29, 0.717) is 12.5 Å². The van der Waals surface area contributed by atoms with Gasteiger partial charge in [0.05, 0.1) is 5.92 Å². The van der Waals surface area contributed by atoms with Gasteiger partial charge in [0.15, 0.2) is 0 Å². The van der Waals surface area contributed by atoms with Crippen LogP contribution in [0.3, 0.4) is 0 Å². The normalized spacial score (nSPS) is 13.8. The minimum absolute atomic E-state index is 0.0483. The fraction of sp³-hybridized carbons (Fsp3) is 0.562. The second kappa shape index (κ2) is 8.70. The molecule has 1 aromatic carbocycles. The van der Waals surface area contributed by atoms with E-state index in [1.165, 1.54) is 0 Å². The molecule has 2 unspecified atom stereocenters. The number of nitrogens with one attached hydrogen (secondary N) is 2. The molecule has 3 heteroatoms. The number of hydrogen-bond donors (Lipinski definition) is 2. The molecule has 2 N–H and O–H groups in total. The zero-order valence-electron chi connectivity index (χ0n) is 12.3. The summed E-state index contributed by atoms with van der Waals surface area (Å²) >= 11 is 0. The van der Waals surface area contributed by atoms with Crippen molar-refractivity contribution in [2.24, 2.45) is 5.92 Å². The highest BCUT2D eigenvalue weighted by atomic mass is 16.1. The third kappa shape index (κ3) is 5.03. The molecule has 0 aromatic heterocycles. The molecule has 0 saturated heterocycles. The minimum Gasteiger partial charge on any atom is -0.354 e. The standard InChI is InChI=1S/C16H26N2O/c1-4-13(3)15(14-9-7-6-8-10-14)16(19)18-12-11-17-5-2/h6-10,13,15,17H,4-5,11-12H2,1-3H3,(H,18,19). The molecule has 0 aliphatic rings. The third-order valence-electron chi connectivity index (χ3n) is 3.51. The molecule has 0 aliphatic heterocycles. The van der Waals surface area contributed by atoms with Crippen molar-refractivity contribution in [2.75, 3.05) is 19.6 Å². The first-order valence-corrected chi connectivity index (χ1v) is 7.24. The molecule has 106 valence electrons. The number of amides is 1. The summed E-state index contributed by atoms with van der Waals surface area (Å²) in [5.74, 6) is 0.438. The Kier molecular flexibility index (Phi) is 7.19. The SMILES string of the molecule is CCNCCNC(=O)C(c1ccccc1)C(C)CC. The summed E-state index contributed by atoms with van der Waals surface area (Å²) in [7, 11) is 0. The lowest BCUT2D eigenvalue weighted by Crippen LogP contribution is -2.37. The van der Waals surface area contributed by atoms with Crippen LogP contribution >= 0.6 is 0 Å². The summed E-state index contributed by atoms with van der Waals surface area (Å²) in [6.45, 7) is 8.78. The van der Waals surface area contributed by atoms with Gasteiger partial charge in [-0.1, -0.05) is 57.5 Å². The van der Waals surface area contributed by atoms with Crippen LogP contribution in [0.15, 0.2) is 30.3 Å². The van der Waals surface area contributed by atoms with Crippen LogP contribution in [0, 0.1) is 5.92 Å². The molecule has 3 nitrogen and oxygen atoms in total. The van der Waals surface area contributed by atoms with E-state index in [2.05, 4.69) is 31.4 Å². The maximum absolute atomic E-state index is 12.4. The number of likely N-dealkylation sites (N-methyl/N-ethyl adjacent to an activating group) is 1. The van der Waals surface area contributed by atoms with E-state index in [1.807, 2.05) is 30.3 Å². The lowest BCUT2D eigenvalue weighted by molar-refractivity contribution is -0.123. The van der Waals surface area contributed by atoms with Crippen molar-refractivity contribution < 1.29 is 4.79 Å². The quantitative estimate of drug-likeness (QED) is 0.707. The maximum Gasteiger partial charge on any atom is 0.227 e. The van der Waals surface area contributed by atoms with E-state index in [-0.39, 0.29) is 11.8 Å². The molecule has 2 atom stereocenters. The number of hydrogen-bond acceptors (Lipinski definition) is 2. The summed E-state index contributed by atoms with van der Waals surface area (Å²) in [4.78, 5) is 12.4. The molecule has 1 aromatic rings. The first kappa shape index (κ1) is 15.7. The molecule has 0 bridgehead atoms. The Morgan fingerprint density at radius 1 is 1.16 bits per heavy atom. The van der Waals surface area contributed by atoms with Crippen LogP contribution in [0.1, 0.15) is 38.7 Å². The van der Waals surface area contributed by atoms with Gasteiger partial charge >= 0.3 is 0 Å². The molecular formula is C16H26N2O. The lowest BCUT2D eigenvalue weighted by atomic mass is 9.85. The van der Waals surface area contributed by atoms with Crippen LogP contribution in [0.4, 0.5) is 0 Å². The van der Waals surface area contributed by atoms with E-state index >= 15 is 0 Å². The van der Waals surface area contributed by atoms with Crippen LogP contribution < -0.4 is 10.6 Å². The highest BCUT2D eigenvalue weighted by molar-refractivity contribution is 5.83. The second-order valence-corrected chi connectivity index (χ2v) is 4.92. The smallest absolute Gasteiger partial charge is 0.227 e. The molecule has 0 saturated carbocycles. The molecule has 1 amide bonds. The van der Waals surface area contributed by atoms with E-state index < -0.39 is 0 Å². The fourth-order valence-electron chi connectivity index (χ4n) is 2.20. The van der Waals surface area contributed by atoms with Gasteiger partial charge in [0.2, 0.25) is 5.91 Å². The average Bonchev–Trinajstić information content (AvgIpc) is 2.45. The Balaban J connectivity index is 2.67. The molecule has 19 heavy (non-hydrogen) atoms. The molecule has 0 heterocycles. The van der Waals surface area contributed by atoms with Gasteiger partial charge in [0, 0.05) is 13.1 Å². The number of carbonyl (C=O) groups excluding carboxylic acids is 1. The Morgan fingerprint density at radius 2 is 1.84 bits per heavy atom. The Bertz CT molecular complexity index is 364. The monoisotopic (exact) mass is 262 g/mol. The summed E-state index contributed by atoms with van der Waals surface area (Å²) < 4.78 is 0. The number of benzene rings is 1. The molecular weight excluding hydrogens is 236 g/mol. The van der Waals surface area contributed by atoms with Gasteiger partial charge in [-0.3, -0.25) is 4.79 Å². The average molecular weight is 262 g/mol. The van der Waals surface area contributed by atoms with E-state index in [0.717, 1.165) is 25.1 Å². The molecule has 0 radical (unpaired) electrons. The van der Waals surface area contributed by atoms with E-state index in [9.17, 15) is 4.79 Å². The van der Waals surface area contributed by atoms with E-state index in [1.54, 1.807) is 0 Å². The highest BCUT2D eigenvalue weighted by Crippen LogP contribution is 2.26. The molecule has 0 fully saturated rings. The van der Waals surface area contributed by atoms with Gasteiger partial charge in [0.1, 0.15) is 0 Å². The predicted molar refractivity (Wildman–Crippen MR) is 80.2 cm³/mol. The summed E-state index contributed by atoms with van der Waals surface area (Å²) in [6.07, 6.45) is 1.00. The minimum atomic E-state index is -0.0483. The van der Waals surface area contributed by atoms with Crippen LogP contribution in [0.5, 0.6) is 0 Å². The van der Waals surface area contributed by atoms with Gasteiger partial charge in [-0.25, -0.2) is 0 Å². The fourth-order valence-corrected chi connectivity index (χ4v) is 2.20. The van der Waals surface area contributed by atoms with Crippen molar-refractivity contribution in [1.29, 1.82) is 0 Å². The lowest BCUT2D eigenvalue weighted by Gasteiger charge is -2.22. The Labute approximate surface area is 116 Å². The summed E-state index contributed by atoms with van der Waals surface area (Å²) in [6, 6.07) is 10.1. The van der Waals surface area contributed by atoms with Crippen LogP contribution in [-0.4, -0.2) is 25.5 Å². The Morgan fingerprint density at radius 3 is 2.42 bits per heavy atom. The van der Waals surface area contributed by atoms with Crippen LogP contribution in [-0.2, 0) is 4.79 Å². The highest BCUT2D eigenvalue weighted by Gasteiger charge is 2.25. The zero-order chi connectivity index (χ0) is 14.1. The maximum atomic E-state index is 12.4. The largest absolute Gasteiger partial charge is 0.354 e. The van der Waals surface area contributed by atoms with Crippen molar-refractivity contribution in [3.63, 3.8) is 0 Å². The van der Waals surface area contributed by atoms with Crippen LogP contribution in [0.25, 0.3) is 0 Å². The zero-order valence-corrected chi connectivity index (χ0v) is 12.3. The van der Waals surface area contributed by atoms with Gasteiger partial charge in [0.25, 0.3) is 0 Å². The van der Waals surface area contributed by atoms with Gasteiger partial charge in [-0.15, -0.1) is 0 Å². The Hall–Kier alpha value is -1.35. The summed E-state index contributed by atoms with van der Waals surface area (Å²) in [5.41, 5.74) is 1.11. The van der Waals surface area contributed by atoms with Crippen LogP contribution in [0.2, 0.25) is 0 Å². The first-order valence-electron chi connectivity index (χ1n) is 7.24. The first-order chi connectivity index (χ1) is 9.20. The molecule has 1 rings (SSSR count). The van der Waals surface area contributed by atoms with E-state index in [4.69, 9.17) is 0 Å². The van der Waals surface area contributed by atoms with Crippen molar-refractivity contribution >= 4 is 5.91 Å². The van der Waals surface area contributed by atoms with Gasteiger partial charge < -0.3 is 10.6 Å².